The second-order valence-electron chi connectivity index (χ2n) is 15.5. The summed E-state index contributed by atoms with van der Waals surface area (Å²) in [6.45, 7) is 9.24. The van der Waals surface area contributed by atoms with E-state index in [-0.39, 0.29) is 44.3 Å². The van der Waals surface area contributed by atoms with Gasteiger partial charge in [0.25, 0.3) is 0 Å². The van der Waals surface area contributed by atoms with E-state index in [0.29, 0.717) is 0 Å². The summed E-state index contributed by atoms with van der Waals surface area (Å²) in [7, 11) is 0. The number of nitrogens with two attached hydrogens (primary N) is 1. The predicted molar refractivity (Wildman–Crippen MR) is 227 cm³/mol. The average molecular weight is 806 g/mol. The quantitative estimate of drug-likeness (QED) is 0.0419. The van der Waals surface area contributed by atoms with Gasteiger partial charge in [-0.15, -0.1) is 0 Å². The fourth-order valence-electron chi connectivity index (χ4n) is 6.36. The van der Waals surface area contributed by atoms with Gasteiger partial charge in [-0.05, 0) is 53.9 Å². The molecule has 0 spiro atoms. The van der Waals surface area contributed by atoms with E-state index >= 15 is 0 Å². The lowest BCUT2D eigenvalue weighted by Crippen LogP contribution is -2.62. The van der Waals surface area contributed by atoms with Gasteiger partial charge in [-0.2, -0.15) is 0 Å². The Hall–Kier alpha value is -5.85. The van der Waals surface area contributed by atoms with E-state index in [2.05, 4.69) is 21.3 Å². The number of carbonyl (C=O) groups is 5. The number of amides is 4. The first-order valence-electron chi connectivity index (χ1n) is 20.2. The molecule has 0 radical (unpaired) electrons. The van der Waals surface area contributed by atoms with E-state index < -0.39 is 65.9 Å². The van der Waals surface area contributed by atoms with Crippen LogP contribution in [0.2, 0.25) is 0 Å². The molecule has 59 heavy (non-hydrogen) atoms. The van der Waals surface area contributed by atoms with Gasteiger partial charge in [-0.3, -0.25) is 24.0 Å². The van der Waals surface area contributed by atoms with Gasteiger partial charge in [0, 0.05) is 6.42 Å². The second kappa shape index (κ2) is 23.5. The van der Waals surface area contributed by atoms with E-state index in [1.807, 2.05) is 135 Å². The largest absolute Gasteiger partial charge is 0.460 e. The Balaban J connectivity index is 1.56. The summed E-state index contributed by atoms with van der Waals surface area (Å²) in [6.07, 6.45) is -1.37. The number of hydrogen-bond acceptors (Lipinski definition) is 8. The number of esters is 1. The highest BCUT2D eigenvalue weighted by Gasteiger charge is 2.35. The first-order chi connectivity index (χ1) is 28.3. The highest BCUT2D eigenvalue weighted by atomic mass is 16.5. The van der Waals surface area contributed by atoms with Crippen molar-refractivity contribution in [2.24, 2.45) is 23.5 Å². The second-order valence-corrected chi connectivity index (χ2v) is 15.5. The van der Waals surface area contributed by atoms with E-state index in [4.69, 9.17) is 15.2 Å². The number of hydrogen-bond donors (Lipinski definition) is 5. The Morgan fingerprint density at radius 3 is 1.53 bits per heavy atom. The number of ether oxygens (including phenoxy) is 2. The maximum absolute atomic E-state index is 14.4. The molecule has 0 saturated carbocycles. The Kier molecular flexibility index (Phi) is 18.3. The summed E-state index contributed by atoms with van der Waals surface area (Å²) in [5.41, 5.74) is 9.55. The Bertz CT molecular complexity index is 1910. The molecule has 0 aliphatic heterocycles. The van der Waals surface area contributed by atoms with Crippen LogP contribution in [0.25, 0.3) is 0 Å². The number of rotatable bonds is 22. The molecule has 0 fully saturated rings. The molecule has 0 bridgehead atoms. The Labute approximate surface area is 348 Å². The molecular weight excluding hydrogens is 747 g/mol. The molecular formula is C47H59N5O7. The van der Waals surface area contributed by atoms with Crippen LogP contribution in [0.4, 0.5) is 0 Å². The fourth-order valence-corrected chi connectivity index (χ4v) is 6.36. The van der Waals surface area contributed by atoms with Crippen LogP contribution in [0.3, 0.4) is 0 Å². The molecule has 314 valence electrons. The van der Waals surface area contributed by atoms with E-state index in [0.717, 1.165) is 22.3 Å². The van der Waals surface area contributed by atoms with Gasteiger partial charge in [0.15, 0.2) is 0 Å². The van der Waals surface area contributed by atoms with Crippen molar-refractivity contribution in [1.82, 2.24) is 21.3 Å². The molecule has 0 aromatic heterocycles. The number of nitrogens with one attached hydrogen (secondary N) is 4. The molecule has 0 aliphatic rings. The van der Waals surface area contributed by atoms with Gasteiger partial charge < -0.3 is 36.5 Å². The van der Waals surface area contributed by atoms with E-state index in [1.54, 1.807) is 20.8 Å². The first-order valence-corrected chi connectivity index (χ1v) is 20.2. The van der Waals surface area contributed by atoms with Crippen LogP contribution in [0.1, 0.15) is 63.3 Å². The number of benzene rings is 4. The molecule has 12 nitrogen and oxygen atoms in total. The molecule has 4 rings (SSSR count). The van der Waals surface area contributed by atoms with Crippen molar-refractivity contribution in [3.8, 4) is 0 Å². The summed E-state index contributed by atoms with van der Waals surface area (Å²) in [6, 6.07) is 34.0. The van der Waals surface area contributed by atoms with Crippen molar-refractivity contribution in [2.45, 2.75) is 97.5 Å². The molecule has 4 aromatic carbocycles. The molecule has 1 unspecified atom stereocenters. The van der Waals surface area contributed by atoms with Crippen LogP contribution in [-0.2, 0) is 59.5 Å². The Morgan fingerprint density at radius 1 is 0.542 bits per heavy atom. The van der Waals surface area contributed by atoms with Crippen molar-refractivity contribution in [2.75, 3.05) is 0 Å². The third-order valence-corrected chi connectivity index (χ3v) is 9.75. The van der Waals surface area contributed by atoms with E-state index in [1.165, 1.54) is 0 Å². The zero-order valence-corrected chi connectivity index (χ0v) is 34.6. The molecule has 12 heteroatoms. The minimum Gasteiger partial charge on any atom is -0.460 e. The molecule has 6 N–H and O–H groups in total. The molecule has 4 aromatic rings. The lowest BCUT2D eigenvalue weighted by molar-refractivity contribution is -0.155. The highest BCUT2D eigenvalue weighted by Crippen LogP contribution is 2.17. The predicted octanol–water partition coefficient (Wildman–Crippen LogP) is 4.99. The molecule has 6 atom stereocenters. The summed E-state index contributed by atoms with van der Waals surface area (Å²) in [5, 5.41) is 11.4. The lowest BCUT2D eigenvalue weighted by atomic mass is 9.96. The van der Waals surface area contributed by atoms with Crippen molar-refractivity contribution in [1.29, 1.82) is 0 Å². The lowest BCUT2D eigenvalue weighted by Gasteiger charge is -2.31. The fraction of sp³-hybridized carbons (Fsp3) is 0.383. The van der Waals surface area contributed by atoms with Crippen LogP contribution < -0.4 is 27.0 Å². The summed E-state index contributed by atoms with van der Waals surface area (Å²) in [5.74, 6) is -4.62. The molecule has 0 heterocycles. The van der Waals surface area contributed by atoms with Crippen LogP contribution in [0.15, 0.2) is 121 Å². The monoisotopic (exact) mass is 805 g/mol. The summed E-state index contributed by atoms with van der Waals surface area (Å²) in [4.78, 5) is 69.1. The highest BCUT2D eigenvalue weighted by molar-refractivity contribution is 5.98. The summed E-state index contributed by atoms with van der Waals surface area (Å²) >= 11 is 0. The molecule has 4 amide bonds. The third-order valence-electron chi connectivity index (χ3n) is 9.75. The van der Waals surface area contributed by atoms with Gasteiger partial charge in [0.05, 0.1) is 18.8 Å². The molecule has 0 aliphatic carbocycles. The van der Waals surface area contributed by atoms with Gasteiger partial charge in [-0.1, -0.05) is 149 Å². The third kappa shape index (κ3) is 15.4. The smallest absolute Gasteiger partial charge is 0.318 e. The van der Waals surface area contributed by atoms with Gasteiger partial charge >= 0.3 is 5.97 Å². The SMILES string of the molecule is CC(C)CC(C(=O)N[C@@H](NC(=O)[C@H](Cc1ccccc1)NC(=O)[C@@H](NC(=O)[C@@H](N)Cc1ccccc1)C(C)C)[C@@H](C)OCc1ccccc1)C(=O)OCc1ccccc1. The normalized spacial score (nSPS) is 14.2. The number of carbonyl (C=O) groups excluding carboxylic acids is 5. The standard InChI is InChI=1S/C47H59N5O7/c1-31(2)26-38(47(57)59-30-37-24-16-9-17-25-37)43(53)51-42(33(5)58-29-36-22-14-8-15-23-36)52-45(55)40(28-35-20-12-7-13-21-35)49-46(56)41(32(3)4)50-44(54)39(48)27-34-18-10-6-11-19-34/h6-25,31-33,38-42H,26-30,48H2,1-5H3,(H,49,56)(H,50,54)(H,51,53)(H,52,55)/t33-,38?,39+,40+,41+,42+/m1/s1. The zero-order valence-electron chi connectivity index (χ0n) is 34.6. The Morgan fingerprint density at radius 2 is 1.02 bits per heavy atom. The van der Waals surface area contributed by atoms with Gasteiger partial charge in [0.1, 0.15) is 30.8 Å². The zero-order chi connectivity index (χ0) is 42.7. The van der Waals surface area contributed by atoms with Crippen LogP contribution >= 0.6 is 0 Å². The first kappa shape index (κ1) is 45.8. The van der Waals surface area contributed by atoms with Crippen molar-refractivity contribution in [3.63, 3.8) is 0 Å². The maximum atomic E-state index is 14.4. The van der Waals surface area contributed by atoms with Crippen molar-refractivity contribution < 1.29 is 33.4 Å². The minimum absolute atomic E-state index is 0.00401. The van der Waals surface area contributed by atoms with Crippen LogP contribution in [0, 0.1) is 17.8 Å². The topological polar surface area (TPSA) is 178 Å². The van der Waals surface area contributed by atoms with Crippen LogP contribution in [0.5, 0.6) is 0 Å². The van der Waals surface area contributed by atoms with E-state index in [9.17, 15) is 24.0 Å². The average Bonchev–Trinajstić information content (AvgIpc) is 3.23. The molecule has 0 saturated heterocycles. The maximum Gasteiger partial charge on any atom is 0.318 e. The minimum atomic E-state index is -1.18. The van der Waals surface area contributed by atoms with Crippen molar-refractivity contribution in [3.05, 3.63) is 144 Å². The van der Waals surface area contributed by atoms with Gasteiger partial charge in [0.2, 0.25) is 23.6 Å². The van der Waals surface area contributed by atoms with Gasteiger partial charge in [-0.25, -0.2) is 0 Å². The summed E-state index contributed by atoms with van der Waals surface area (Å²) < 4.78 is 11.8. The van der Waals surface area contributed by atoms with Crippen LogP contribution in [-0.4, -0.2) is 60.0 Å². The van der Waals surface area contributed by atoms with Crippen molar-refractivity contribution >= 4 is 29.6 Å².